The van der Waals surface area contributed by atoms with Crippen LogP contribution in [0, 0.1) is 5.41 Å². The first-order valence-corrected chi connectivity index (χ1v) is 6.11. The van der Waals surface area contributed by atoms with Gasteiger partial charge in [0.25, 0.3) is 0 Å². The van der Waals surface area contributed by atoms with Crippen LogP contribution in [-0.4, -0.2) is 10.1 Å². The molecule has 0 saturated heterocycles. The van der Waals surface area contributed by atoms with Crippen LogP contribution >= 0.6 is 11.6 Å². The molecule has 0 amide bonds. The average molecular weight is 266 g/mol. The monoisotopic (exact) mass is 265 g/mol. The molecule has 1 aromatic heterocycles. The lowest BCUT2D eigenvalue weighted by Crippen LogP contribution is -2.26. The van der Waals surface area contributed by atoms with E-state index in [0.29, 0.717) is 16.7 Å². The maximum absolute atomic E-state index is 6.07. The Balaban J connectivity index is 2.31. The molecule has 0 unspecified atom stereocenters. The molecule has 2 N–H and O–H groups in total. The van der Waals surface area contributed by atoms with E-state index >= 15 is 0 Å². The number of halogens is 1. The Labute approximate surface area is 111 Å². The molecule has 96 valence electrons. The van der Waals surface area contributed by atoms with Crippen LogP contribution < -0.4 is 5.73 Å². The molecule has 1 aromatic carbocycles. The minimum atomic E-state index is -0.294. The summed E-state index contributed by atoms with van der Waals surface area (Å²) in [6.07, 6.45) is 0. The van der Waals surface area contributed by atoms with Crippen molar-refractivity contribution in [3.63, 3.8) is 0 Å². The normalized spacial score (nSPS) is 13.6. The van der Waals surface area contributed by atoms with Gasteiger partial charge in [0.15, 0.2) is 0 Å². The summed E-state index contributed by atoms with van der Waals surface area (Å²) in [7, 11) is 0. The van der Waals surface area contributed by atoms with Crippen LogP contribution in [-0.2, 0) is 0 Å². The molecule has 2 aromatic rings. The van der Waals surface area contributed by atoms with Gasteiger partial charge in [0.05, 0.1) is 6.04 Å². The molecule has 1 heterocycles. The van der Waals surface area contributed by atoms with Gasteiger partial charge in [-0.3, -0.25) is 0 Å². The predicted molar refractivity (Wildman–Crippen MR) is 71.1 cm³/mol. The number of rotatable bonds is 2. The Kier molecular flexibility index (Phi) is 3.41. The van der Waals surface area contributed by atoms with E-state index in [1.165, 1.54) is 0 Å². The molecular weight excluding hydrogens is 250 g/mol. The van der Waals surface area contributed by atoms with Crippen molar-refractivity contribution in [2.24, 2.45) is 11.1 Å². The number of aromatic nitrogens is 2. The molecule has 0 radical (unpaired) electrons. The summed E-state index contributed by atoms with van der Waals surface area (Å²) in [4.78, 5) is 4.33. The predicted octanol–water partition coefficient (Wildman–Crippen LogP) is 3.44. The second-order valence-electron chi connectivity index (χ2n) is 5.31. The van der Waals surface area contributed by atoms with Crippen LogP contribution in [0.5, 0.6) is 0 Å². The van der Waals surface area contributed by atoms with Crippen LogP contribution in [0.1, 0.15) is 32.7 Å². The van der Waals surface area contributed by atoms with Gasteiger partial charge < -0.3 is 10.3 Å². The topological polar surface area (TPSA) is 64.9 Å². The SMILES string of the molecule is CC(C)(C)[C@@H](N)c1nc(-c2cccc(Cl)c2)no1. The molecule has 5 heteroatoms. The summed E-state index contributed by atoms with van der Waals surface area (Å²) < 4.78 is 5.22. The molecule has 0 spiro atoms. The number of hydrogen-bond donors (Lipinski definition) is 1. The molecular formula is C13H16ClN3O. The number of hydrogen-bond acceptors (Lipinski definition) is 4. The second kappa shape index (κ2) is 4.71. The Morgan fingerprint density at radius 1 is 1.33 bits per heavy atom. The molecule has 0 aliphatic carbocycles. The van der Waals surface area contributed by atoms with Gasteiger partial charge >= 0.3 is 0 Å². The zero-order chi connectivity index (χ0) is 13.3. The van der Waals surface area contributed by atoms with Crippen molar-refractivity contribution in [2.45, 2.75) is 26.8 Å². The number of benzene rings is 1. The Hall–Kier alpha value is -1.39. The molecule has 0 aliphatic heterocycles. The lowest BCUT2D eigenvalue weighted by Gasteiger charge is -2.23. The van der Waals surface area contributed by atoms with Gasteiger partial charge in [-0.1, -0.05) is 49.7 Å². The fraction of sp³-hybridized carbons (Fsp3) is 0.385. The van der Waals surface area contributed by atoms with Crippen molar-refractivity contribution >= 4 is 11.6 Å². The molecule has 4 nitrogen and oxygen atoms in total. The third-order valence-electron chi connectivity index (χ3n) is 2.72. The first kappa shape index (κ1) is 13.1. The highest BCUT2D eigenvalue weighted by atomic mass is 35.5. The van der Waals surface area contributed by atoms with Gasteiger partial charge in [0.1, 0.15) is 0 Å². The van der Waals surface area contributed by atoms with Crippen molar-refractivity contribution in [1.82, 2.24) is 10.1 Å². The molecule has 18 heavy (non-hydrogen) atoms. The summed E-state index contributed by atoms with van der Waals surface area (Å²) in [6.45, 7) is 6.09. The van der Waals surface area contributed by atoms with Crippen molar-refractivity contribution < 1.29 is 4.52 Å². The lowest BCUT2D eigenvalue weighted by atomic mass is 9.87. The molecule has 0 aliphatic rings. The van der Waals surface area contributed by atoms with E-state index in [9.17, 15) is 0 Å². The smallest absolute Gasteiger partial charge is 0.244 e. The minimum absolute atomic E-state index is 0.127. The van der Waals surface area contributed by atoms with E-state index in [1.54, 1.807) is 12.1 Å². The summed E-state index contributed by atoms with van der Waals surface area (Å²) >= 11 is 5.93. The fourth-order valence-corrected chi connectivity index (χ4v) is 1.67. The van der Waals surface area contributed by atoms with Crippen molar-refractivity contribution in [3.8, 4) is 11.4 Å². The van der Waals surface area contributed by atoms with Crippen LogP contribution in [0.3, 0.4) is 0 Å². The highest BCUT2D eigenvalue weighted by Crippen LogP contribution is 2.30. The third-order valence-corrected chi connectivity index (χ3v) is 2.96. The summed E-state index contributed by atoms with van der Waals surface area (Å²) in [6, 6.07) is 7.02. The number of nitrogens with zero attached hydrogens (tertiary/aromatic N) is 2. The molecule has 0 saturated carbocycles. The lowest BCUT2D eigenvalue weighted by molar-refractivity contribution is 0.253. The van der Waals surface area contributed by atoms with Crippen LogP contribution in [0.2, 0.25) is 5.02 Å². The van der Waals surface area contributed by atoms with Gasteiger partial charge in [0.2, 0.25) is 11.7 Å². The standard InChI is InChI=1S/C13H16ClN3O/c1-13(2,3)10(15)12-16-11(17-18-12)8-5-4-6-9(14)7-8/h4-7,10H,15H2,1-3H3/t10-/m0/s1. The van der Waals surface area contributed by atoms with Gasteiger partial charge in [-0.2, -0.15) is 4.98 Å². The summed E-state index contributed by atoms with van der Waals surface area (Å²) in [5.41, 5.74) is 6.76. The van der Waals surface area contributed by atoms with E-state index in [-0.39, 0.29) is 11.5 Å². The van der Waals surface area contributed by atoms with E-state index in [1.807, 2.05) is 32.9 Å². The van der Waals surface area contributed by atoms with E-state index in [0.717, 1.165) is 5.56 Å². The zero-order valence-electron chi connectivity index (χ0n) is 10.6. The fourth-order valence-electron chi connectivity index (χ4n) is 1.48. The summed E-state index contributed by atoms with van der Waals surface area (Å²) in [5, 5.41) is 4.58. The van der Waals surface area contributed by atoms with E-state index in [2.05, 4.69) is 10.1 Å². The Morgan fingerprint density at radius 2 is 2.06 bits per heavy atom. The Bertz CT molecular complexity index is 545. The largest absolute Gasteiger partial charge is 0.337 e. The summed E-state index contributed by atoms with van der Waals surface area (Å²) in [5.74, 6) is 0.949. The molecule has 2 rings (SSSR count). The Morgan fingerprint density at radius 3 is 2.67 bits per heavy atom. The van der Waals surface area contributed by atoms with Crippen molar-refractivity contribution in [2.75, 3.05) is 0 Å². The minimum Gasteiger partial charge on any atom is -0.337 e. The maximum Gasteiger partial charge on any atom is 0.244 e. The zero-order valence-corrected chi connectivity index (χ0v) is 11.4. The third kappa shape index (κ3) is 2.71. The first-order valence-electron chi connectivity index (χ1n) is 5.73. The van der Waals surface area contributed by atoms with Crippen molar-refractivity contribution in [3.05, 3.63) is 35.2 Å². The highest BCUT2D eigenvalue weighted by Gasteiger charge is 2.27. The molecule has 0 bridgehead atoms. The van der Waals surface area contributed by atoms with Crippen LogP contribution in [0.25, 0.3) is 11.4 Å². The first-order chi connectivity index (χ1) is 8.38. The van der Waals surface area contributed by atoms with E-state index in [4.69, 9.17) is 21.9 Å². The van der Waals surface area contributed by atoms with Gasteiger partial charge in [-0.05, 0) is 17.5 Å². The second-order valence-corrected chi connectivity index (χ2v) is 5.75. The van der Waals surface area contributed by atoms with Gasteiger partial charge in [-0.15, -0.1) is 0 Å². The number of nitrogens with two attached hydrogens (primary N) is 1. The van der Waals surface area contributed by atoms with Crippen LogP contribution in [0.15, 0.2) is 28.8 Å². The van der Waals surface area contributed by atoms with Gasteiger partial charge in [-0.25, -0.2) is 0 Å². The average Bonchev–Trinajstić information content (AvgIpc) is 2.75. The van der Waals surface area contributed by atoms with E-state index < -0.39 is 0 Å². The van der Waals surface area contributed by atoms with Crippen molar-refractivity contribution in [1.29, 1.82) is 0 Å². The quantitative estimate of drug-likeness (QED) is 0.903. The highest BCUT2D eigenvalue weighted by molar-refractivity contribution is 6.30. The van der Waals surface area contributed by atoms with Crippen LogP contribution in [0.4, 0.5) is 0 Å². The molecule has 0 fully saturated rings. The maximum atomic E-state index is 6.07. The molecule has 1 atom stereocenters. The van der Waals surface area contributed by atoms with Gasteiger partial charge in [0, 0.05) is 10.6 Å².